The van der Waals surface area contributed by atoms with Gasteiger partial charge in [-0.3, -0.25) is 0 Å². The highest BCUT2D eigenvalue weighted by molar-refractivity contribution is 9.10. The number of fused-ring (bicyclic) bond motifs is 4. The molecule has 0 radical (unpaired) electrons. The molecule has 6 nitrogen and oxygen atoms in total. The van der Waals surface area contributed by atoms with Crippen molar-refractivity contribution in [3.8, 4) is 22.9 Å². The van der Waals surface area contributed by atoms with Gasteiger partial charge in [0, 0.05) is 32.4 Å². The van der Waals surface area contributed by atoms with E-state index in [0.29, 0.717) is 16.7 Å². The number of methoxy groups -OCH3 is 1. The summed E-state index contributed by atoms with van der Waals surface area (Å²) in [4.78, 5) is 4.72. The summed E-state index contributed by atoms with van der Waals surface area (Å²) in [6.07, 6.45) is 0.566. The Balaban J connectivity index is 1.67. The molecule has 0 saturated heterocycles. The van der Waals surface area contributed by atoms with Gasteiger partial charge in [-0.15, -0.1) is 10.2 Å². The lowest BCUT2D eigenvalue weighted by Crippen LogP contribution is -2.17. The summed E-state index contributed by atoms with van der Waals surface area (Å²) in [6.45, 7) is 2.13. The van der Waals surface area contributed by atoms with E-state index in [0.717, 1.165) is 50.0 Å². The molecule has 162 valence electrons. The summed E-state index contributed by atoms with van der Waals surface area (Å²) < 4.78 is 13.0. The zero-order valence-electron chi connectivity index (χ0n) is 17.6. The second-order valence-corrected chi connectivity index (χ2v) is 9.31. The standard InChI is InChI=1S/C24H21BrN4O2S/c1-3-12-32-24-27-23-21(28-29-24)18-13-14(25)8-10-19(18)26-22(31-23)17-9-11-20(30-2)16-7-5-4-6-15(16)17/h4-11,13,22,26H,3,12H2,1-2H3/t22-/m0/s1. The van der Waals surface area contributed by atoms with E-state index in [1.54, 1.807) is 18.9 Å². The third-order valence-corrected chi connectivity index (χ3v) is 6.78. The van der Waals surface area contributed by atoms with Crippen LogP contribution in [0, 0.1) is 0 Å². The lowest BCUT2D eigenvalue weighted by Gasteiger charge is -2.21. The van der Waals surface area contributed by atoms with Gasteiger partial charge < -0.3 is 14.8 Å². The molecule has 0 amide bonds. The van der Waals surface area contributed by atoms with Gasteiger partial charge in [-0.05, 0) is 42.1 Å². The lowest BCUT2D eigenvalue weighted by atomic mass is 10.0. The zero-order chi connectivity index (χ0) is 22.1. The molecule has 0 bridgehead atoms. The van der Waals surface area contributed by atoms with Crippen molar-refractivity contribution in [2.24, 2.45) is 0 Å². The van der Waals surface area contributed by atoms with Gasteiger partial charge in [0.1, 0.15) is 5.75 Å². The number of hydrogen-bond donors (Lipinski definition) is 1. The number of hydrogen-bond acceptors (Lipinski definition) is 7. The molecule has 5 rings (SSSR count). The van der Waals surface area contributed by atoms with Crippen molar-refractivity contribution in [3.05, 3.63) is 64.6 Å². The van der Waals surface area contributed by atoms with Crippen LogP contribution in [0.25, 0.3) is 22.0 Å². The van der Waals surface area contributed by atoms with E-state index < -0.39 is 6.23 Å². The minimum atomic E-state index is -0.465. The molecule has 3 aromatic carbocycles. The monoisotopic (exact) mass is 508 g/mol. The van der Waals surface area contributed by atoms with Crippen LogP contribution in [0.3, 0.4) is 0 Å². The van der Waals surface area contributed by atoms with E-state index in [4.69, 9.17) is 14.5 Å². The molecule has 2 heterocycles. The number of anilines is 1. The predicted octanol–water partition coefficient (Wildman–Crippen LogP) is 6.47. The Labute approximate surface area is 198 Å². The van der Waals surface area contributed by atoms with Crippen LogP contribution in [0.1, 0.15) is 25.1 Å². The molecule has 1 aliphatic heterocycles. The van der Waals surface area contributed by atoms with Gasteiger partial charge in [0.15, 0.2) is 11.9 Å². The Morgan fingerprint density at radius 3 is 2.75 bits per heavy atom. The van der Waals surface area contributed by atoms with Crippen LogP contribution in [0.5, 0.6) is 11.6 Å². The maximum Gasteiger partial charge on any atom is 0.247 e. The second-order valence-electron chi connectivity index (χ2n) is 7.33. The third-order valence-electron chi connectivity index (χ3n) is 5.24. The van der Waals surface area contributed by atoms with Gasteiger partial charge in [-0.25, -0.2) is 0 Å². The topological polar surface area (TPSA) is 69.2 Å². The number of ether oxygens (including phenoxy) is 2. The Bertz CT molecular complexity index is 1300. The van der Waals surface area contributed by atoms with E-state index in [9.17, 15) is 0 Å². The molecule has 1 aromatic heterocycles. The van der Waals surface area contributed by atoms with Crippen LogP contribution in [-0.2, 0) is 0 Å². The van der Waals surface area contributed by atoms with Gasteiger partial charge in [0.2, 0.25) is 11.0 Å². The molecule has 0 spiro atoms. The van der Waals surface area contributed by atoms with Crippen LogP contribution in [0.2, 0.25) is 0 Å². The van der Waals surface area contributed by atoms with E-state index in [-0.39, 0.29) is 0 Å². The Morgan fingerprint density at radius 1 is 1.09 bits per heavy atom. The Hall–Kier alpha value is -2.84. The summed E-state index contributed by atoms with van der Waals surface area (Å²) in [7, 11) is 1.68. The predicted molar refractivity (Wildman–Crippen MR) is 131 cm³/mol. The maximum absolute atomic E-state index is 6.47. The van der Waals surface area contributed by atoms with Gasteiger partial charge in [0.25, 0.3) is 0 Å². The summed E-state index contributed by atoms with van der Waals surface area (Å²) >= 11 is 5.15. The van der Waals surface area contributed by atoms with Crippen molar-refractivity contribution >= 4 is 44.2 Å². The molecular formula is C24H21BrN4O2S. The molecule has 32 heavy (non-hydrogen) atoms. The van der Waals surface area contributed by atoms with Crippen molar-refractivity contribution < 1.29 is 9.47 Å². The van der Waals surface area contributed by atoms with Crippen LogP contribution >= 0.6 is 27.7 Å². The van der Waals surface area contributed by atoms with E-state index >= 15 is 0 Å². The summed E-state index contributed by atoms with van der Waals surface area (Å²) in [5.41, 5.74) is 3.41. The van der Waals surface area contributed by atoms with Crippen molar-refractivity contribution in [2.45, 2.75) is 24.7 Å². The molecule has 0 unspecified atom stereocenters. The molecule has 4 aromatic rings. The van der Waals surface area contributed by atoms with Crippen LogP contribution in [0.15, 0.2) is 64.2 Å². The number of halogens is 1. The summed E-state index contributed by atoms with van der Waals surface area (Å²) in [5.74, 6) is 2.21. The first kappa shape index (κ1) is 21.0. The van der Waals surface area contributed by atoms with Crippen LogP contribution in [0.4, 0.5) is 5.69 Å². The molecular weight excluding hydrogens is 488 g/mol. The first-order valence-corrected chi connectivity index (χ1v) is 12.1. The largest absolute Gasteiger partial charge is 0.496 e. The highest BCUT2D eigenvalue weighted by Gasteiger charge is 2.27. The second kappa shape index (κ2) is 8.96. The number of nitrogens with one attached hydrogen (secondary N) is 1. The van der Waals surface area contributed by atoms with Gasteiger partial charge in [-0.1, -0.05) is 58.9 Å². The van der Waals surface area contributed by atoms with E-state index in [2.05, 4.69) is 50.5 Å². The fourth-order valence-electron chi connectivity index (χ4n) is 3.77. The van der Waals surface area contributed by atoms with Crippen LogP contribution < -0.4 is 14.8 Å². The van der Waals surface area contributed by atoms with Crippen LogP contribution in [-0.4, -0.2) is 28.0 Å². The average Bonchev–Trinajstić information content (AvgIpc) is 2.98. The van der Waals surface area contributed by atoms with Crippen molar-refractivity contribution in [2.75, 3.05) is 18.2 Å². The third kappa shape index (κ3) is 3.89. The molecule has 8 heteroatoms. The first-order chi connectivity index (χ1) is 15.7. The van der Waals surface area contributed by atoms with Gasteiger partial charge in [-0.2, -0.15) is 4.98 Å². The smallest absolute Gasteiger partial charge is 0.247 e. The molecule has 1 atom stereocenters. The number of rotatable bonds is 5. The fraction of sp³-hybridized carbons (Fsp3) is 0.208. The first-order valence-electron chi connectivity index (χ1n) is 10.3. The Morgan fingerprint density at radius 2 is 1.94 bits per heavy atom. The number of aromatic nitrogens is 3. The molecule has 1 aliphatic rings. The van der Waals surface area contributed by atoms with Crippen molar-refractivity contribution in [1.29, 1.82) is 0 Å². The maximum atomic E-state index is 6.47. The highest BCUT2D eigenvalue weighted by atomic mass is 79.9. The van der Waals surface area contributed by atoms with Crippen molar-refractivity contribution in [3.63, 3.8) is 0 Å². The van der Waals surface area contributed by atoms with Gasteiger partial charge in [0.05, 0.1) is 7.11 Å². The average molecular weight is 509 g/mol. The summed E-state index contributed by atoms with van der Waals surface area (Å²) in [6, 6.07) is 18.2. The minimum absolute atomic E-state index is 0.465. The SMILES string of the molecule is CCCSc1nnc2c(n1)O[C@@H](c1ccc(OC)c3ccccc13)Nc1ccc(Br)cc1-2. The summed E-state index contributed by atoms with van der Waals surface area (Å²) in [5, 5.41) is 15.1. The number of benzene rings is 3. The molecule has 0 aliphatic carbocycles. The fourth-order valence-corrected chi connectivity index (χ4v) is 4.76. The highest BCUT2D eigenvalue weighted by Crippen LogP contribution is 2.42. The van der Waals surface area contributed by atoms with Gasteiger partial charge >= 0.3 is 0 Å². The normalized spacial score (nSPS) is 14.7. The Kier molecular flexibility index (Phi) is 5.89. The lowest BCUT2D eigenvalue weighted by molar-refractivity contribution is 0.226. The quantitative estimate of drug-likeness (QED) is 0.309. The van der Waals surface area contributed by atoms with Crippen molar-refractivity contribution in [1.82, 2.24) is 15.2 Å². The minimum Gasteiger partial charge on any atom is -0.496 e. The molecule has 1 N–H and O–H groups in total. The number of nitrogens with zero attached hydrogens (tertiary/aromatic N) is 3. The van der Waals surface area contributed by atoms with E-state index in [1.807, 2.05) is 42.5 Å². The molecule has 0 saturated carbocycles. The zero-order valence-corrected chi connectivity index (χ0v) is 20.0. The van der Waals surface area contributed by atoms with E-state index in [1.165, 1.54) is 0 Å². The molecule has 0 fully saturated rings. The number of thioether (sulfide) groups is 1.